The van der Waals surface area contributed by atoms with Crippen LogP contribution in [0.2, 0.25) is 0 Å². The first-order valence-electron chi connectivity index (χ1n) is 6.53. The molecule has 6 heteroatoms. The van der Waals surface area contributed by atoms with E-state index in [-0.39, 0.29) is 37.0 Å². The smallest absolute Gasteiger partial charge is 0.239 e. The Morgan fingerprint density at radius 2 is 1.78 bits per heavy atom. The van der Waals surface area contributed by atoms with Gasteiger partial charge in [-0.05, 0) is 12.8 Å². The number of piperazine rings is 1. The summed E-state index contributed by atoms with van der Waals surface area (Å²) < 4.78 is 0. The zero-order valence-electron chi connectivity index (χ0n) is 11.3. The number of amides is 1. The standard InChI is InChI=1S/C12H25N3O2.ClH/c1-3-10(9-16)14-5-7-15(8-6-14)12(17)11(13)4-2;/h10-11,16H,3-9,13H2,1-2H3;1H. The van der Waals surface area contributed by atoms with Crippen LogP contribution in [0.4, 0.5) is 0 Å². The number of hydrogen-bond acceptors (Lipinski definition) is 4. The normalized spacial score (nSPS) is 20.1. The molecule has 1 fully saturated rings. The van der Waals surface area contributed by atoms with Gasteiger partial charge in [-0.3, -0.25) is 9.69 Å². The minimum atomic E-state index is -0.360. The van der Waals surface area contributed by atoms with Crippen LogP contribution in [0.15, 0.2) is 0 Å². The fraction of sp³-hybridized carbons (Fsp3) is 0.917. The third kappa shape index (κ3) is 4.39. The van der Waals surface area contributed by atoms with Crippen molar-refractivity contribution in [3.05, 3.63) is 0 Å². The van der Waals surface area contributed by atoms with Crippen molar-refractivity contribution in [1.82, 2.24) is 9.80 Å². The summed E-state index contributed by atoms with van der Waals surface area (Å²) in [6.07, 6.45) is 1.63. The average molecular weight is 280 g/mol. The van der Waals surface area contributed by atoms with Crippen molar-refractivity contribution in [3.8, 4) is 0 Å². The van der Waals surface area contributed by atoms with Gasteiger partial charge in [-0.15, -0.1) is 12.4 Å². The summed E-state index contributed by atoms with van der Waals surface area (Å²) in [4.78, 5) is 16.0. The molecule has 0 saturated carbocycles. The number of carbonyl (C=O) groups is 1. The molecule has 1 aliphatic heterocycles. The van der Waals surface area contributed by atoms with Crippen molar-refractivity contribution in [1.29, 1.82) is 0 Å². The SMILES string of the molecule is CCC(N)C(=O)N1CCN(C(CC)CO)CC1.Cl. The Morgan fingerprint density at radius 3 is 2.17 bits per heavy atom. The van der Waals surface area contributed by atoms with Gasteiger partial charge in [0.2, 0.25) is 5.91 Å². The highest BCUT2D eigenvalue weighted by Crippen LogP contribution is 2.10. The zero-order valence-corrected chi connectivity index (χ0v) is 12.2. The maximum Gasteiger partial charge on any atom is 0.239 e. The first-order valence-corrected chi connectivity index (χ1v) is 6.53. The summed E-state index contributed by atoms with van der Waals surface area (Å²) in [5, 5.41) is 9.24. The summed E-state index contributed by atoms with van der Waals surface area (Å²) in [5.41, 5.74) is 5.75. The van der Waals surface area contributed by atoms with E-state index in [0.717, 1.165) is 32.6 Å². The summed E-state index contributed by atoms with van der Waals surface area (Å²) in [6, 6.07) is -0.131. The van der Waals surface area contributed by atoms with E-state index in [9.17, 15) is 9.90 Å². The Hall–Kier alpha value is -0.360. The van der Waals surface area contributed by atoms with Gasteiger partial charge in [-0.1, -0.05) is 13.8 Å². The van der Waals surface area contributed by atoms with E-state index < -0.39 is 0 Å². The Balaban J connectivity index is 0.00000289. The van der Waals surface area contributed by atoms with Crippen LogP contribution in [0, 0.1) is 0 Å². The molecule has 1 saturated heterocycles. The Kier molecular flexibility index (Phi) is 8.52. The topological polar surface area (TPSA) is 69.8 Å². The maximum atomic E-state index is 11.9. The van der Waals surface area contributed by atoms with Gasteiger partial charge in [0.25, 0.3) is 0 Å². The molecule has 1 rings (SSSR count). The van der Waals surface area contributed by atoms with Gasteiger partial charge in [0, 0.05) is 32.2 Å². The highest BCUT2D eigenvalue weighted by molar-refractivity contribution is 5.85. The maximum absolute atomic E-state index is 11.9. The molecule has 2 unspecified atom stereocenters. The molecule has 3 N–H and O–H groups in total. The van der Waals surface area contributed by atoms with Crippen LogP contribution in [0.1, 0.15) is 26.7 Å². The number of rotatable bonds is 5. The molecular weight excluding hydrogens is 254 g/mol. The molecule has 1 aliphatic rings. The van der Waals surface area contributed by atoms with Crippen LogP contribution in [-0.4, -0.2) is 65.7 Å². The molecule has 0 aromatic carbocycles. The lowest BCUT2D eigenvalue weighted by Crippen LogP contribution is -2.55. The number of aliphatic hydroxyl groups excluding tert-OH is 1. The molecule has 18 heavy (non-hydrogen) atoms. The fourth-order valence-electron chi connectivity index (χ4n) is 2.22. The molecule has 0 bridgehead atoms. The van der Waals surface area contributed by atoms with Crippen molar-refractivity contribution >= 4 is 18.3 Å². The molecule has 0 aromatic heterocycles. The lowest BCUT2D eigenvalue weighted by atomic mass is 10.1. The molecular formula is C12H26ClN3O2. The Labute approximate surface area is 116 Å². The number of aliphatic hydroxyl groups is 1. The highest BCUT2D eigenvalue weighted by Gasteiger charge is 2.26. The Morgan fingerprint density at radius 1 is 1.22 bits per heavy atom. The van der Waals surface area contributed by atoms with Crippen molar-refractivity contribution < 1.29 is 9.90 Å². The molecule has 1 heterocycles. The molecule has 0 spiro atoms. The van der Waals surface area contributed by atoms with Crippen LogP contribution in [0.3, 0.4) is 0 Å². The van der Waals surface area contributed by atoms with E-state index >= 15 is 0 Å². The highest BCUT2D eigenvalue weighted by atomic mass is 35.5. The molecule has 108 valence electrons. The van der Waals surface area contributed by atoms with Crippen LogP contribution in [-0.2, 0) is 4.79 Å². The molecule has 0 aliphatic carbocycles. The first kappa shape index (κ1) is 17.6. The number of carbonyl (C=O) groups excluding carboxylic acids is 1. The second-order valence-corrected chi connectivity index (χ2v) is 4.62. The minimum Gasteiger partial charge on any atom is -0.395 e. The summed E-state index contributed by atoms with van der Waals surface area (Å²) in [7, 11) is 0. The summed E-state index contributed by atoms with van der Waals surface area (Å²) in [6.45, 7) is 7.32. The van der Waals surface area contributed by atoms with Crippen molar-refractivity contribution in [3.63, 3.8) is 0 Å². The third-order valence-corrected chi connectivity index (χ3v) is 3.58. The van der Waals surface area contributed by atoms with Gasteiger partial charge in [0.1, 0.15) is 0 Å². The second kappa shape index (κ2) is 8.69. The summed E-state index contributed by atoms with van der Waals surface area (Å²) >= 11 is 0. The minimum absolute atomic E-state index is 0. The summed E-state index contributed by atoms with van der Waals surface area (Å²) in [5.74, 6) is 0.0594. The number of hydrogen-bond donors (Lipinski definition) is 2. The van der Waals surface area contributed by atoms with Crippen LogP contribution in [0.5, 0.6) is 0 Å². The number of nitrogens with two attached hydrogens (primary N) is 1. The van der Waals surface area contributed by atoms with E-state index in [1.807, 2.05) is 11.8 Å². The van der Waals surface area contributed by atoms with Gasteiger partial charge in [0.15, 0.2) is 0 Å². The lowest BCUT2D eigenvalue weighted by molar-refractivity contribution is -0.134. The third-order valence-electron chi connectivity index (χ3n) is 3.58. The van der Waals surface area contributed by atoms with Gasteiger partial charge in [0.05, 0.1) is 12.6 Å². The largest absolute Gasteiger partial charge is 0.395 e. The van der Waals surface area contributed by atoms with Crippen LogP contribution < -0.4 is 5.73 Å². The van der Waals surface area contributed by atoms with Crippen molar-refractivity contribution in [2.75, 3.05) is 32.8 Å². The number of halogens is 1. The monoisotopic (exact) mass is 279 g/mol. The van der Waals surface area contributed by atoms with Crippen LogP contribution >= 0.6 is 12.4 Å². The Bertz CT molecular complexity index is 241. The second-order valence-electron chi connectivity index (χ2n) is 4.62. The van der Waals surface area contributed by atoms with Gasteiger partial charge >= 0.3 is 0 Å². The quantitative estimate of drug-likeness (QED) is 0.747. The first-order chi connectivity index (χ1) is 8.13. The van der Waals surface area contributed by atoms with Crippen molar-refractivity contribution in [2.45, 2.75) is 38.8 Å². The molecule has 5 nitrogen and oxygen atoms in total. The van der Waals surface area contributed by atoms with E-state index in [2.05, 4.69) is 11.8 Å². The van der Waals surface area contributed by atoms with Gasteiger partial charge in [-0.25, -0.2) is 0 Å². The van der Waals surface area contributed by atoms with E-state index in [1.54, 1.807) is 0 Å². The van der Waals surface area contributed by atoms with Crippen molar-refractivity contribution in [2.24, 2.45) is 5.73 Å². The van der Waals surface area contributed by atoms with E-state index in [0.29, 0.717) is 6.42 Å². The molecule has 1 amide bonds. The van der Waals surface area contributed by atoms with Gasteiger partial charge < -0.3 is 15.7 Å². The molecule has 2 atom stereocenters. The van der Waals surface area contributed by atoms with E-state index in [1.165, 1.54) is 0 Å². The predicted octanol–water partition coefficient (Wildman–Crippen LogP) is 0.0606. The molecule has 0 aromatic rings. The van der Waals surface area contributed by atoms with E-state index in [4.69, 9.17) is 5.73 Å². The van der Waals surface area contributed by atoms with Gasteiger partial charge in [-0.2, -0.15) is 0 Å². The molecule has 0 radical (unpaired) electrons. The number of nitrogens with zero attached hydrogens (tertiary/aromatic N) is 2. The average Bonchev–Trinajstić information content (AvgIpc) is 2.39. The lowest BCUT2D eigenvalue weighted by Gasteiger charge is -2.39. The fourth-order valence-corrected chi connectivity index (χ4v) is 2.22. The zero-order chi connectivity index (χ0) is 12.8. The predicted molar refractivity (Wildman–Crippen MR) is 74.8 cm³/mol. The van der Waals surface area contributed by atoms with Crippen LogP contribution in [0.25, 0.3) is 0 Å².